The Morgan fingerprint density at radius 2 is 1.85 bits per heavy atom. The minimum Gasteiger partial charge on any atom is -0.335 e. The Kier molecular flexibility index (Phi) is 7.02. The molecule has 1 aromatic carbocycles. The molecule has 144 valence electrons. The Balaban J connectivity index is 1.77. The molecule has 0 radical (unpaired) electrons. The highest BCUT2D eigenvalue weighted by Gasteiger charge is 2.33. The summed E-state index contributed by atoms with van der Waals surface area (Å²) < 4.78 is 39.0. The molecule has 0 atom stereocenters. The van der Waals surface area contributed by atoms with E-state index in [1.165, 1.54) is 12.1 Å². The summed E-state index contributed by atoms with van der Waals surface area (Å²) in [5.74, 6) is -0.448. The Bertz CT molecular complexity index is 628. The van der Waals surface area contributed by atoms with Crippen LogP contribution in [-0.4, -0.2) is 36.5 Å². The molecule has 1 aliphatic carbocycles. The number of halogens is 3. The summed E-state index contributed by atoms with van der Waals surface area (Å²) in [6.45, 7) is 0.311. The minimum atomic E-state index is -4.41. The van der Waals surface area contributed by atoms with Gasteiger partial charge in [0.2, 0.25) is 5.91 Å². The molecular formula is C18H24F3N3O2. The largest absolute Gasteiger partial charge is 0.416 e. The molecule has 8 heteroatoms. The third kappa shape index (κ3) is 6.33. The third-order valence-electron chi connectivity index (χ3n) is 4.43. The van der Waals surface area contributed by atoms with Gasteiger partial charge in [0.1, 0.15) is 0 Å². The van der Waals surface area contributed by atoms with Crippen LogP contribution in [0.25, 0.3) is 0 Å². The maximum absolute atomic E-state index is 13.0. The van der Waals surface area contributed by atoms with Gasteiger partial charge in [0, 0.05) is 25.6 Å². The molecule has 0 saturated heterocycles. The van der Waals surface area contributed by atoms with Crippen molar-refractivity contribution in [2.24, 2.45) is 0 Å². The monoisotopic (exact) mass is 371 g/mol. The molecule has 3 amide bonds. The second-order valence-corrected chi connectivity index (χ2v) is 6.65. The molecule has 1 aliphatic rings. The van der Waals surface area contributed by atoms with Gasteiger partial charge in [0.05, 0.1) is 5.56 Å². The van der Waals surface area contributed by atoms with Crippen LogP contribution in [0, 0.1) is 0 Å². The van der Waals surface area contributed by atoms with E-state index in [4.69, 9.17) is 0 Å². The average Bonchev–Trinajstić information content (AvgIpc) is 3.05. The van der Waals surface area contributed by atoms with Gasteiger partial charge in [-0.1, -0.05) is 31.0 Å². The Hall–Kier alpha value is -2.09. The summed E-state index contributed by atoms with van der Waals surface area (Å²) in [6, 6.07) is 4.98. The van der Waals surface area contributed by atoms with Crippen molar-refractivity contribution in [3.63, 3.8) is 0 Å². The summed E-state index contributed by atoms with van der Waals surface area (Å²) in [7, 11) is 1.64. The maximum atomic E-state index is 13.0. The molecule has 0 heterocycles. The average molecular weight is 371 g/mol. The van der Waals surface area contributed by atoms with Crippen molar-refractivity contribution in [1.29, 1.82) is 0 Å². The number of carbonyl (C=O) groups is 2. The van der Waals surface area contributed by atoms with Gasteiger partial charge in [-0.25, -0.2) is 4.79 Å². The highest BCUT2D eigenvalue weighted by Crippen LogP contribution is 2.32. The van der Waals surface area contributed by atoms with Crippen LogP contribution in [-0.2, 0) is 17.5 Å². The Labute approximate surface area is 150 Å². The van der Waals surface area contributed by atoms with Crippen LogP contribution >= 0.6 is 0 Å². The van der Waals surface area contributed by atoms with E-state index >= 15 is 0 Å². The topological polar surface area (TPSA) is 61.4 Å². The molecule has 26 heavy (non-hydrogen) atoms. The summed E-state index contributed by atoms with van der Waals surface area (Å²) in [5, 5.41) is 5.02. The number of nitrogens with zero attached hydrogens (tertiary/aromatic N) is 1. The zero-order valence-electron chi connectivity index (χ0n) is 14.7. The van der Waals surface area contributed by atoms with Gasteiger partial charge in [-0.3, -0.25) is 10.1 Å². The van der Waals surface area contributed by atoms with Gasteiger partial charge in [-0.15, -0.1) is 0 Å². The SMILES string of the molecule is CN(CCC(=O)NC(=O)NC1CCCC1)Cc1ccccc1C(F)(F)F. The molecule has 2 N–H and O–H groups in total. The highest BCUT2D eigenvalue weighted by molar-refractivity contribution is 5.94. The predicted octanol–water partition coefficient (Wildman–Crippen LogP) is 3.30. The van der Waals surface area contributed by atoms with Crippen molar-refractivity contribution in [2.75, 3.05) is 13.6 Å². The van der Waals surface area contributed by atoms with Gasteiger partial charge >= 0.3 is 12.2 Å². The Morgan fingerprint density at radius 1 is 1.19 bits per heavy atom. The van der Waals surface area contributed by atoms with Crippen LogP contribution < -0.4 is 10.6 Å². The van der Waals surface area contributed by atoms with Crippen LogP contribution in [0.1, 0.15) is 43.2 Å². The van der Waals surface area contributed by atoms with Gasteiger partial charge in [-0.05, 0) is 31.5 Å². The lowest BCUT2D eigenvalue weighted by molar-refractivity contribution is -0.138. The third-order valence-corrected chi connectivity index (χ3v) is 4.43. The van der Waals surface area contributed by atoms with Gasteiger partial charge in [0.15, 0.2) is 0 Å². The molecule has 1 fully saturated rings. The second kappa shape index (κ2) is 9.02. The van der Waals surface area contributed by atoms with Crippen molar-refractivity contribution < 1.29 is 22.8 Å². The molecule has 0 aromatic heterocycles. The van der Waals surface area contributed by atoms with E-state index in [0.717, 1.165) is 31.7 Å². The molecule has 2 rings (SSSR count). The molecule has 1 saturated carbocycles. The molecule has 0 unspecified atom stereocenters. The number of rotatable bonds is 6. The van der Waals surface area contributed by atoms with Gasteiger partial charge < -0.3 is 10.2 Å². The van der Waals surface area contributed by atoms with E-state index < -0.39 is 23.7 Å². The molecule has 0 bridgehead atoms. The first-order valence-electron chi connectivity index (χ1n) is 8.69. The van der Waals surface area contributed by atoms with Crippen LogP contribution in [0.15, 0.2) is 24.3 Å². The Morgan fingerprint density at radius 3 is 2.50 bits per heavy atom. The summed E-state index contributed by atoms with van der Waals surface area (Å²) in [6.07, 6.45) is -0.395. The quantitative estimate of drug-likeness (QED) is 0.807. The zero-order chi connectivity index (χ0) is 19.2. The first kappa shape index (κ1) is 20.2. The highest BCUT2D eigenvalue weighted by atomic mass is 19.4. The fraction of sp³-hybridized carbons (Fsp3) is 0.556. The van der Waals surface area contributed by atoms with Crippen molar-refractivity contribution in [1.82, 2.24) is 15.5 Å². The first-order valence-corrected chi connectivity index (χ1v) is 8.69. The molecule has 1 aromatic rings. The lowest BCUT2D eigenvalue weighted by Crippen LogP contribution is -2.44. The van der Waals surface area contributed by atoms with Crippen LogP contribution in [0.4, 0.5) is 18.0 Å². The molecule has 0 spiro atoms. The zero-order valence-corrected chi connectivity index (χ0v) is 14.7. The normalized spacial score (nSPS) is 15.3. The van der Waals surface area contributed by atoms with E-state index in [1.54, 1.807) is 18.0 Å². The predicted molar refractivity (Wildman–Crippen MR) is 91.3 cm³/mol. The number of amides is 3. The number of urea groups is 1. The second-order valence-electron chi connectivity index (χ2n) is 6.65. The minimum absolute atomic E-state index is 0.0305. The summed E-state index contributed by atoms with van der Waals surface area (Å²) in [4.78, 5) is 25.2. The van der Waals surface area contributed by atoms with Gasteiger partial charge in [0.25, 0.3) is 0 Å². The van der Waals surface area contributed by atoms with E-state index in [1.807, 2.05) is 0 Å². The molecule has 0 aliphatic heterocycles. The fourth-order valence-electron chi connectivity index (χ4n) is 3.08. The van der Waals surface area contributed by atoms with Crippen LogP contribution in [0.3, 0.4) is 0 Å². The fourth-order valence-corrected chi connectivity index (χ4v) is 3.08. The number of hydrogen-bond acceptors (Lipinski definition) is 3. The molecular weight excluding hydrogens is 347 g/mol. The van der Waals surface area contributed by atoms with Crippen molar-refractivity contribution >= 4 is 11.9 Å². The van der Waals surface area contributed by atoms with Crippen molar-refractivity contribution in [3.8, 4) is 0 Å². The lowest BCUT2D eigenvalue weighted by Gasteiger charge is -2.19. The smallest absolute Gasteiger partial charge is 0.335 e. The van der Waals surface area contributed by atoms with E-state index in [-0.39, 0.29) is 31.1 Å². The lowest BCUT2D eigenvalue weighted by atomic mass is 10.1. The number of carbonyl (C=O) groups excluding carboxylic acids is 2. The number of imide groups is 1. The van der Waals surface area contributed by atoms with Crippen LogP contribution in [0.5, 0.6) is 0 Å². The molecule has 5 nitrogen and oxygen atoms in total. The van der Waals surface area contributed by atoms with Crippen LogP contribution in [0.2, 0.25) is 0 Å². The summed E-state index contributed by atoms with van der Waals surface area (Å²) >= 11 is 0. The standard InChI is InChI=1S/C18H24F3N3O2/c1-24(12-13-6-2-5-9-15(13)18(19,20)21)11-10-16(25)23-17(26)22-14-7-3-4-8-14/h2,5-6,9,14H,3-4,7-8,10-12H2,1H3,(H2,22,23,25,26). The summed E-state index contributed by atoms with van der Waals surface area (Å²) in [5.41, 5.74) is -0.519. The van der Waals surface area contributed by atoms with Crippen molar-refractivity contribution in [3.05, 3.63) is 35.4 Å². The number of alkyl halides is 3. The van der Waals surface area contributed by atoms with E-state index in [9.17, 15) is 22.8 Å². The number of benzene rings is 1. The van der Waals surface area contributed by atoms with E-state index in [2.05, 4.69) is 10.6 Å². The first-order chi connectivity index (χ1) is 12.3. The number of nitrogens with one attached hydrogen (secondary N) is 2. The van der Waals surface area contributed by atoms with Gasteiger partial charge in [-0.2, -0.15) is 13.2 Å². The van der Waals surface area contributed by atoms with Crippen molar-refractivity contribution in [2.45, 2.75) is 50.9 Å². The maximum Gasteiger partial charge on any atom is 0.416 e. The number of hydrogen-bond donors (Lipinski definition) is 2. The van der Waals surface area contributed by atoms with E-state index in [0.29, 0.717) is 0 Å².